The smallest absolute Gasteiger partial charge is 0.103 e. The Hall–Kier alpha value is -0.230. The van der Waals surface area contributed by atoms with Crippen molar-refractivity contribution in [2.75, 3.05) is 52.9 Å². The topological polar surface area (TPSA) is 13.0 Å². The molecule has 0 amide bonds. The van der Waals surface area contributed by atoms with E-state index in [1.807, 2.05) is 0 Å². The molecular formula is C21H41FN4. The van der Waals surface area contributed by atoms with E-state index >= 15 is 0 Å². The van der Waals surface area contributed by atoms with Crippen molar-refractivity contribution in [3.05, 3.63) is 0 Å². The van der Waals surface area contributed by atoms with Gasteiger partial charge in [-0.25, -0.2) is 4.39 Å². The molecule has 0 aromatic rings. The Morgan fingerprint density at radius 3 is 2.08 bits per heavy atom. The van der Waals surface area contributed by atoms with Crippen molar-refractivity contribution in [3.63, 3.8) is 0 Å². The molecule has 0 aromatic heterocycles. The van der Waals surface area contributed by atoms with Crippen molar-refractivity contribution < 1.29 is 4.39 Å². The van der Waals surface area contributed by atoms with Crippen LogP contribution in [-0.2, 0) is 0 Å². The Morgan fingerprint density at radius 2 is 1.46 bits per heavy atom. The van der Waals surface area contributed by atoms with Gasteiger partial charge >= 0.3 is 0 Å². The minimum atomic E-state index is -0.567. The van der Waals surface area contributed by atoms with Crippen LogP contribution in [0.2, 0.25) is 0 Å². The fourth-order valence-corrected chi connectivity index (χ4v) is 5.18. The van der Waals surface area contributed by atoms with E-state index in [1.54, 1.807) is 0 Å². The van der Waals surface area contributed by atoms with Gasteiger partial charge in [0, 0.05) is 56.9 Å². The quantitative estimate of drug-likeness (QED) is 0.740. The van der Waals surface area contributed by atoms with E-state index in [0.717, 1.165) is 32.0 Å². The summed E-state index contributed by atoms with van der Waals surface area (Å²) in [7, 11) is 2.30. The molecule has 0 saturated carbocycles. The molecule has 0 spiro atoms. The Labute approximate surface area is 160 Å². The van der Waals surface area contributed by atoms with Crippen LogP contribution in [0.15, 0.2) is 0 Å². The average molecular weight is 369 g/mol. The van der Waals surface area contributed by atoms with E-state index in [1.165, 1.54) is 52.0 Å². The minimum absolute atomic E-state index is 0.567. The van der Waals surface area contributed by atoms with Crippen molar-refractivity contribution in [2.24, 2.45) is 0 Å². The highest BCUT2D eigenvalue weighted by atomic mass is 19.1. The molecule has 152 valence electrons. The number of hydrogen-bond donors (Lipinski definition) is 0. The van der Waals surface area contributed by atoms with E-state index in [9.17, 15) is 4.39 Å². The summed E-state index contributed by atoms with van der Waals surface area (Å²) in [6.45, 7) is 15.0. The average Bonchev–Trinajstić information content (AvgIpc) is 2.64. The van der Waals surface area contributed by atoms with Crippen LogP contribution in [0.4, 0.5) is 4.39 Å². The van der Waals surface area contributed by atoms with Crippen molar-refractivity contribution in [1.29, 1.82) is 0 Å². The van der Waals surface area contributed by atoms with Gasteiger partial charge in [-0.3, -0.25) is 4.90 Å². The molecule has 3 rings (SSSR count). The van der Waals surface area contributed by atoms with Crippen LogP contribution >= 0.6 is 0 Å². The standard InChI is InChI=1S/C21H41FN4/c1-17(2)24-11-7-20(8-12-24)26-14-13-23(4)21(16-26)15-18(3)25-9-5-19(22)6-10-25/h17-21H,5-16H2,1-4H3. The number of alkyl halides is 1. The van der Waals surface area contributed by atoms with Crippen molar-refractivity contribution in [2.45, 2.75) is 83.2 Å². The third-order valence-electron chi connectivity index (χ3n) is 7.25. The van der Waals surface area contributed by atoms with Gasteiger partial charge < -0.3 is 14.7 Å². The van der Waals surface area contributed by atoms with Crippen LogP contribution in [0.5, 0.6) is 0 Å². The number of likely N-dealkylation sites (tertiary alicyclic amines) is 2. The molecule has 3 saturated heterocycles. The normalized spacial score (nSPS) is 30.9. The molecule has 3 aliphatic rings. The summed E-state index contributed by atoms with van der Waals surface area (Å²) in [6, 6.07) is 2.67. The predicted molar refractivity (Wildman–Crippen MR) is 108 cm³/mol. The van der Waals surface area contributed by atoms with E-state index < -0.39 is 6.17 Å². The second kappa shape index (κ2) is 9.31. The lowest BCUT2D eigenvalue weighted by Gasteiger charge is -2.47. The third-order valence-corrected chi connectivity index (χ3v) is 7.25. The molecule has 3 heterocycles. The van der Waals surface area contributed by atoms with E-state index in [-0.39, 0.29) is 0 Å². The number of piperazine rings is 1. The maximum atomic E-state index is 13.4. The van der Waals surface area contributed by atoms with Crippen molar-refractivity contribution >= 4 is 0 Å². The highest BCUT2D eigenvalue weighted by Gasteiger charge is 2.33. The summed E-state index contributed by atoms with van der Waals surface area (Å²) < 4.78 is 13.4. The van der Waals surface area contributed by atoms with Gasteiger partial charge in [0.1, 0.15) is 6.17 Å². The zero-order valence-electron chi connectivity index (χ0n) is 17.5. The number of halogens is 1. The van der Waals surface area contributed by atoms with Crippen LogP contribution in [0.25, 0.3) is 0 Å². The zero-order valence-corrected chi connectivity index (χ0v) is 17.5. The summed E-state index contributed by atoms with van der Waals surface area (Å²) in [5.74, 6) is 0. The first-order valence-electron chi connectivity index (χ1n) is 11.0. The van der Waals surface area contributed by atoms with Crippen molar-refractivity contribution in [1.82, 2.24) is 19.6 Å². The number of rotatable bonds is 5. The summed E-state index contributed by atoms with van der Waals surface area (Å²) >= 11 is 0. The van der Waals surface area contributed by atoms with Gasteiger partial charge in [-0.15, -0.1) is 0 Å². The fraction of sp³-hybridized carbons (Fsp3) is 1.00. The number of hydrogen-bond acceptors (Lipinski definition) is 4. The predicted octanol–water partition coefficient (Wildman–Crippen LogP) is 2.69. The molecule has 0 aromatic carbocycles. The summed E-state index contributed by atoms with van der Waals surface area (Å²) in [5.41, 5.74) is 0. The first kappa shape index (κ1) is 20.5. The van der Waals surface area contributed by atoms with Crippen LogP contribution in [0.3, 0.4) is 0 Å². The lowest BCUT2D eigenvalue weighted by atomic mass is 9.96. The van der Waals surface area contributed by atoms with Gasteiger partial charge in [0.05, 0.1) is 0 Å². The van der Waals surface area contributed by atoms with Crippen LogP contribution in [-0.4, -0.2) is 103 Å². The van der Waals surface area contributed by atoms with Crippen LogP contribution in [0.1, 0.15) is 52.9 Å². The van der Waals surface area contributed by atoms with Crippen LogP contribution < -0.4 is 0 Å². The Morgan fingerprint density at radius 1 is 0.846 bits per heavy atom. The van der Waals surface area contributed by atoms with Crippen molar-refractivity contribution in [3.8, 4) is 0 Å². The van der Waals surface area contributed by atoms with Gasteiger partial charge in [-0.1, -0.05) is 0 Å². The number of piperidine rings is 2. The zero-order chi connectivity index (χ0) is 18.7. The van der Waals surface area contributed by atoms with E-state index in [2.05, 4.69) is 47.4 Å². The van der Waals surface area contributed by atoms with Crippen LogP contribution in [0, 0.1) is 0 Å². The maximum Gasteiger partial charge on any atom is 0.103 e. The fourth-order valence-electron chi connectivity index (χ4n) is 5.18. The summed E-state index contributed by atoms with van der Waals surface area (Å²) in [4.78, 5) is 10.5. The van der Waals surface area contributed by atoms with E-state index in [0.29, 0.717) is 18.1 Å². The molecule has 0 aliphatic carbocycles. The highest BCUT2D eigenvalue weighted by Crippen LogP contribution is 2.24. The molecule has 5 heteroatoms. The number of likely N-dealkylation sites (N-methyl/N-ethyl adjacent to an activating group) is 1. The largest absolute Gasteiger partial charge is 0.301 e. The van der Waals surface area contributed by atoms with Gasteiger partial charge in [-0.05, 0) is 73.0 Å². The molecule has 3 aliphatic heterocycles. The molecular weight excluding hydrogens is 327 g/mol. The Kier molecular flexibility index (Phi) is 7.34. The number of nitrogens with zero attached hydrogens (tertiary/aromatic N) is 4. The van der Waals surface area contributed by atoms with Gasteiger partial charge in [0.15, 0.2) is 0 Å². The molecule has 3 fully saturated rings. The lowest BCUT2D eigenvalue weighted by Crippen LogP contribution is -2.58. The third kappa shape index (κ3) is 5.18. The molecule has 26 heavy (non-hydrogen) atoms. The lowest BCUT2D eigenvalue weighted by molar-refractivity contribution is 0.0168. The molecule has 0 radical (unpaired) electrons. The highest BCUT2D eigenvalue weighted by molar-refractivity contribution is 4.90. The maximum absolute atomic E-state index is 13.4. The van der Waals surface area contributed by atoms with E-state index in [4.69, 9.17) is 0 Å². The first-order valence-corrected chi connectivity index (χ1v) is 11.0. The Balaban J connectivity index is 1.48. The Bertz CT molecular complexity index is 416. The second-order valence-electron chi connectivity index (χ2n) is 9.29. The molecule has 4 nitrogen and oxygen atoms in total. The molecule has 2 unspecified atom stereocenters. The van der Waals surface area contributed by atoms with Gasteiger partial charge in [0.2, 0.25) is 0 Å². The molecule has 0 bridgehead atoms. The van der Waals surface area contributed by atoms with Gasteiger partial charge in [0.25, 0.3) is 0 Å². The van der Waals surface area contributed by atoms with Gasteiger partial charge in [-0.2, -0.15) is 0 Å². The minimum Gasteiger partial charge on any atom is -0.301 e. The second-order valence-corrected chi connectivity index (χ2v) is 9.29. The first-order chi connectivity index (χ1) is 12.4. The molecule has 2 atom stereocenters. The summed E-state index contributed by atoms with van der Waals surface area (Å²) in [6.07, 6.45) is 4.76. The molecule has 0 N–H and O–H groups in total. The SMILES string of the molecule is CC(C)N1CCC(N2CCN(C)C(CC(C)N3CCC(F)CC3)C2)CC1. The monoisotopic (exact) mass is 368 g/mol. The summed E-state index contributed by atoms with van der Waals surface area (Å²) in [5, 5.41) is 0.